The van der Waals surface area contributed by atoms with Gasteiger partial charge >= 0.3 is 11.9 Å². The van der Waals surface area contributed by atoms with Crippen LogP contribution in [0.1, 0.15) is 20.7 Å². The van der Waals surface area contributed by atoms with Crippen molar-refractivity contribution in [1.29, 1.82) is 0 Å². The number of ether oxygens (including phenoxy) is 4. The molecule has 6 nitrogen and oxygen atoms in total. The Hall–Kier alpha value is -5.36. The summed E-state index contributed by atoms with van der Waals surface area (Å²) >= 11 is 0. The van der Waals surface area contributed by atoms with Gasteiger partial charge in [-0.2, -0.15) is 0 Å². The molecule has 6 heteroatoms. The van der Waals surface area contributed by atoms with E-state index in [2.05, 4.69) is 0 Å². The number of hydrogen-bond donors (Lipinski definition) is 0. The van der Waals surface area contributed by atoms with Gasteiger partial charge in [0.05, 0.1) is 11.1 Å². The molecule has 0 radical (unpaired) electrons. The fraction of sp³-hybridized carbons (Fsp3) is 0. The van der Waals surface area contributed by atoms with E-state index in [0.29, 0.717) is 34.5 Å². The van der Waals surface area contributed by atoms with Crippen LogP contribution in [0, 0.1) is 0 Å². The van der Waals surface area contributed by atoms with Crippen LogP contribution in [-0.2, 0) is 0 Å². The van der Waals surface area contributed by atoms with E-state index in [0.717, 1.165) is 0 Å². The highest BCUT2D eigenvalue weighted by Crippen LogP contribution is 2.25. The maximum atomic E-state index is 12.7. The zero-order valence-electron chi connectivity index (χ0n) is 20.2. The standard InChI is InChI=1S/C32H22O6/c33-31(37-29-18-14-27(15-19-29)35-25-10-3-1-4-11-25)23-8-7-9-24(22-23)32(34)38-30-20-16-28(17-21-30)36-26-12-5-2-6-13-26/h1-22H. The molecule has 38 heavy (non-hydrogen) atoms. The number of para-hydroxylation sites is 2. The lowest BCUT2D eigenvalue weighted by Gasteiger charge is -2.09. The van der Waals surface area contributed by atoms with Crippen LogP contribution < -0.4 is 18.9 Å². The SMILES string of the molecule is O=C(Oc1ccc(Oc2ccccc2)cc1)c1cccc(C(=O)Oc2ccc(Oc3ccccc3)cc2)c1. The van der Waals surface area contributed by atoms with E-state index >= 15 is 0 Å². The van der Waals surface area contributed by atoms with Gasteiger partial charge < -0.3 is 18.9 Å². The van der Waals surface area contributed by atoms with Crippen LogP contribution in [0.5, 0.6) is 34.5 Å². The second-order valence-corrected chi connectivity index (χ2v) is 8.13. The van der Waals surface area contributed by atoms with Crippen LogP contribution in [0.2, 0.25) is 0 Å². The van der Waals surface area contributed by atoms with Gasteiger partial charge in [-0.3, -0.25) is 0 Å². The molecule has 0 atom stereocenters. The Morgan fingerprint density at radius 1 is 0.368 bits per heavy atom. The quantitative estimate of drug-likeness (QED) is 0.160. The average molecular weight is 503 g/mol. The van der Waals surface area contributed by atoms with Crippen LogP contribution in [0.15, 0.2) is 133 Å². The molecule has 0 aromatic heterocycles. The lowest BCUT2D eigenvalue weighted by molar-refractivity contribution is 0.0734. The monoisotopic (exact) mass is 502 g/mol. The minimum absolute atomic E-state index is 0.218. The summed E-state index contributed by atoms with van der Waals surface area (Å²) in [6.07, 6.45) is 0. The first-order valence-corrected chi connectivity index (χ1v) is 11.8. The highest BCUT2D eigenvalue weighted by atomic mass is 16.5. The molecule has 0 bridgehead atoms. The third-order valence-corrected chi connectivity index (χ3v) is 5.36. The third-order valence-electron chi connectivity index (χ3n) is 5.36. The lowest BCUT2D eigenvalue weighted by Crippen LogP contribution is -2.12. The Bertz CT molecular complexity index is 1400. The number of carbonyl (C=O) groups excluding carboxylic acids is 2. The molecule has 0 aliphatic rings. The van der Waals surface area contributed by atoms with Gasteiger partial charge in [0.1, 0.15) is 34.5 Å². The van der Waals surface area contributed by atoms with E-state index < -0.39 is 11.9 Å². The van der Waals surface area contributed by atoms with E-state index in [-0.39, 0.29) is 11.1 Å². The highest BCUT2D eigenvalue weighted by Gasteiger charge is 2.14. The molecule has 0 unspecified atom stereocenters. The fourth-order valence-electron chi connectivity index (χ4n) is 3.51. The van der Waals surface area contributed by atoms with Gasteiger partial charge in [-0.05, 0) is 91.0 Å². The predicted octanol–water partition coefficient (Wildman–Crippen LogP) is 7.71. The Labute approximate surface area is 219 Å². The molecule has 0 heterocycles. The van der Waals surface area contributed by atoms with Crippen molar-refractivity contribution in [2.24, 2.45) is 0 Å². The Balaban J connectivity index is 1.18. The van der Waals surface area contributed by atoms with Crippen molar-refractivity contribution in [3.05, 3.63) is 145 Å². The Morgan fingerprint density at radius 2 is 0.711 bits per heavy atom. The molecule has 0 N–H and O–H groups in total. The first kappa shape index (κ1) is 24.3. The maximum absolute atomic E-state index is 12.7. The maximum Gasteiger partial charge on any atom is 0.343 e. The normalized spacial score (nSPS) is 10.3. The van der Waals surface area contributed by atoms with E-state index in [1.54, 1.807) is 66.7 Å². The summed E-state index contributed by atoms with van der Waals surface area (Å²) in [6.45, 7) is 0. The smallest absolute Gasteiger partial charge is 0.343 e. The van der Waals surface area contributed by atoms with Gasteiger partial charge in [-0.1, -0.05) is 42.5 Å². The summed E-state index contributed by atoms with van der Waals surface area (Å²) in [5, 5.41) is 0. The van der Waals surface area contributed by atoms with Gasteiger partial charge in [-0.25, -0.2) is 9.59 Å². The van der Waals surface area contributed by atoms with E-state index in [9.17, 15) is 9.59 Å². The van der Waals surface area contributed by atoms with Crippen molar-refractivity contribution in [2.45, 2.75) is 0 Å². The van der Waals surface area contributed by atoms with Crippen molar-refractivity contribution in [1.82, 2.24) is 0 Å². The van der Waals surface area contributed by atoms with Crippen molar-refractivity contribution in [3.8, 4) is 34.5 Å². The van der Waals surface area contributed by atoms with Crippen LogP contribution in [-0.4, -0.2) is 11.9 Å². The summed E-state index contributed by atoms with van der Waals surface area (Å²) in [7, 11) is 0. The van der Waals surface area contributed by atoms with Crippen LogP contribution in [0.25, 0.3) is 0 Å². The average Bonchev–Trinajstić information content (AvgIpc) is 2.96. The first-order chi connectivity index (χ1) is 18.6. The van der Waals surface area contributed by atoms with Crippen molar-refractivity contribution >= 4 is 11.9 Å². The molecule has 186 valence electrons. The molecule has 0 fully saturated rings. The summed E-state index contributed by atoms with van der Waals surface area (Å²) in [5.74, 6) is 2.13. The molecule has 5 aromatic carbocycles. The molecule has 0 amide bonds. The third kappa shape index (κ3) is 6.44. The minimum Gasteiger partial charge on any atom is -0.457 e. The largest absolute Gasteiger partial charge is 0.457 e. The summed E-state index contributed by atoms with van der Waals surface area (Å²) in [5.41, 5.74) is 0.436. The molecule has 0 aliphatic heterocycles. The number of carbonyl (C=O) groups is 2. The van der Waals surface area contributed by atoms with Crippen molar-refractivity contribution in [3.63, 3.8) is 0 Å². The van der Waals surface area contributed by atoms with Crippen LogP contribution in [0.4, 0.5) is 0 Å². The minimum atomic E-state index is -0.598. The van der Waals surface area contributed by atoms with Crippen LogP contribution >= 0.6 is 0 Å². The van der Waals surface area contributed by atoms with Gasteiger partial charge in [0.2, 0.25) is 0 Å². The van der Waals surface area contributed by atoms with Gasteiger partial charge in [0, 0.05) is 0 Å². The molecular weight excluding hydrogens is 480 g/mol. The van der Waals surface area contributed by atoms with Crippen molar-refractivity contribution in [2.75, 3.05) is 0 Å². The number of hydrogen-bond acceptors (Lipinski definition) is 6. The number of rotatable bonds is 8. The van der Waals surface area contributed by atoms with E-state index in [4.69, 9.17) is 18.9 Å². The zero-order chi connectivity index (χ0) is 26.2. The Morgan fingerprint density at radius 3 is 1.11 bits per heavy atom. The summed E-state index contributed by atoms with van der Waals surface area (Å²) in [6, 6.07) is 38.3. The Kier molecular flexibility index (Phi) is 7.42. The van der Waals surface area contributed by atoms with E-state index in [1.807, 2.05) is 60.7 Å². The summed E-state index contributed by atoms with van der Waals surface area (Å²) < 4.78 is 22.4. The first-order valence-electron chi connectivity index (χ1n) is 11.8. The molecule has 0 spiro atoms. The second-order valence-electron chi connectivity index (χ2n) is 8.13. The van der Waals surface area contributed by atoms with E-state index in [1.165, 1.54) is 6.07 Å². The van der Waals surface area contributed by atoms with Crippen LogP contribution in [0.3, 0.4) is 0 Å². The summed E-state index contributed by atoms with van der Waals surface area (Å²) in [4.78, 5) is 25.4. The van der Waals surface area contributed by atoms with Gasteiger partial charge in [-0.15, -0.1) is 0 Å². The lowest BCUT2D eigenvalue weighted by atomic mass is 10.1. The molecule has 0 aliphatic carbocycles. The molecule has 5 aromatic rings. The second kappa shape index (κ2) is 11.6. The number of esters is 2. The van der Waals surface area contributed by atoms with Crippen molar-refractivity contribution < 1.29 is 28.5 Å². The zero-order valence-corrected chi connectivity index (χ0v) is 20.2. The highest BCUT2D eigenvalue weighted by molar-refractivity contribution is 5.96. The molecule has 0 saturated heterocycles. The predicted molar refractivity (Wildman–Crippen MR) is 142 cm³/mol. The van der Waals surface area contributed by atoms with Gasteiger partial charge in [0.15, 0.2) is 0 Å². The topological polar surface area (TPSA) is 71.1 Å². The molecular formula is C32H22O6. The fourth-order valence-corrected chi connectivity index (χ4v) is 3.51. The molecule has 5 rings (SSSR count). The molecule has 0 saturated carbocycles. The number of benzene rings is 5. The van der Waals surface area contributed by atoms with Gasteiger partial charge in [0.25, 0.3) is 0 Å².